The van der Waals surface area contributed by atoms with Gasteiger partial charge < -0.3 is 9.84 Å². The molecule has 0 aromatic heterocycles. The summed E-state index contributed by atoms with van der Waals surface area (Å²) < 4.78 is 6.25. The third-order valence-corrected chi connectivity index (χ3v) is 7.25. The van der Waals surface area contributed by atoms with E-state index in [0.29, 0.717) is 11.8 Å². The summed E-state index contributed by atoms with van der Waals surface area (Å²) in [5.74, 6) is 4.43. The van der Waals surface area contributed by atoms with E-state index in [0.717, 1.165) is 30.1 Å². The minimum atomic E-state index is -0.183. The lowest BCUT2D eigenvalue weighted by Gasteiger charge is -2.56. The van der Waals surface area contributed by atoms with Gasteiger partial charge in [-0.1, -0.05) is 0 Å². The number of ether oxygens (including phenoxy) is 1. The first-order chi connectivity index (χ1) is 9.75. The van der Waals surface area contributed by atoms with Crippen molar-refractivity contribution in [2.24, 2.45) is 35.5 Å². The molecule has 1 saturated heterocycles. The Hall–Kier alpha value is -0.0800. The summed E-state index contributed by atoms with van der Waals surface area (Å²) in [6.45, 7) is 8.73. The van der Waals surface area contributed by atoms with Gasteiger partial charge in [0, 0.05) is 5.92 Å². The van der Waals surface area contributed by atoms with Gasteiger partial charge in [-0.2, -0.15) is 0 Å². The molecule has 1 aliphatic heterocycles. The van der Waals surface area contributed by atoms with Crippen molar-refractivity contribution in [1.82, 2.24) is 0 Å². The summed E-state index contributed by atoms with van der Waals surface area (Å²) in [5.41, 5.74) is -0.265. The van der Waals surface area contributed by atoms with Gasteiger partial charge in [-0.25, -0.2) is 0 Å². The summed E-state index contributed by atoms with van der Waals surface area (Å²) in [6, 6.07) is 0. The highest BCUT2D eigenvalue weighted by Crippen LogP contribution is 2.59. The fourth-order valence-electron chi connectivity index (χ4n) is 6.93. The predicted octanol–water partition coefficient (Wildman–Crippen LogP) is 4.01. The minimum Gasteiger partial charge on any atom is -0.392 e. The number of hydrogen-bond donors (Lipinski definition) is 1. The molecule has 4 saturated carbocycles. The molecule has 5 fully saturated rings. The number of rotatable bonds is 2. The molecule has 1 N–H and O–H groups in total. The Morgan fingerprint density at radius 2 is 1.43 bits per heavy atom. The molecule has 5 aliphatic rings. The highest BCUT2D eigenvalue weighted by atomic mass is 16.5. The van der Waals surface area contributed by atoms with E-state index in [9.17, 15) is 5.11 Å². The quantitative estimate of drug-likeness (QED) is 0.833. The van der Waals surface area contributed by atoms with E-state index in [-0.39, 0.29) is 17.3 Å². The van der Waals surface area contributed by atoms with E-state index in [1.54, 1.807) is 0 Å². The normalized spacial score (nSPS) is 51.3. The summed E-state index contributed by atoms with van der Waals surface area (Å²) >= 11 is 0. The Morgan fingerprint density at radius 1 is 0.905 bits per heavy atom. The SMILES string of the molecule is CC1(C)CC(C(O)C2C3CC4CC(C3)CC2C4)C(C)(C)O1. The highest BCUT2D eigenvalue weighted by molar-refractivity contribution is 5.05. The molecule has 120 valence electrons. The maximum absolute atomic E-state index is 11.3. The second-order valence-corrected chi connectivity index (χ2v) is 9.77. The fraction of sp³-hybridized carbons (Fsp3) is 1.00. The summed E-state index contributed by atoms with van der Waals surface area (Å²) in [4.78, 5) is 0. The van der Waals surface area contributed by atoms with Crippen LogP contribution in [-0.2, 0) is 4.74 Å². The Kier molecular flexibility index (Phi) is 3.09. The maximum atomic E-state index is 11.3. The van der Waals surface area contributed by atoms with Crippen LogP contribution in [0.3, 0.4) is 0 Å². The van der Waals surface area contributed by atoms with Crippen molar-refractivity contribution < 1.29 is 9.84 Å². The zero-order valence-corrected chi connectivity index (χ0v) is 14.1. The fourth-order valence-corrected chi connectivity index (χ4v) is 6.93. The van der Waals surface area contributed by atoms with E-state index in [2.05, 4.69) is 27.7 Å². The van der Waals surface area contributed by atoms with Crippen LogP contribution in [0.25, 0.3) is 0 Å². The van der Waals surface area contributed by atoms with Crippen LogP contribution in [0.2, 0.25) is 0 Å². The molecule has 2 heteroatoms. The second-order valence-electron chi connectivity index (χ2n) is 9.77. The van der Waals surface area contributed by atoms with Crippen LogP contribution in [-0.4, -0.2) is 22.4 Å². The molecule has 4 bridgehead atoms. The van der Waals surface area contributed by atoms with Crippen LogP contribution in [0.1, 0.15) is 66.2 Å². The average Bonchev–Trinajstić information content (AvgIpc) is 2.55. The minimum absolute atomic E-state index is 0.0823. The lowest BCUT2D eigenvalue weighted by Crippen LogP contribution is -2.53. The van der Waals surface area contributed by atoms with Gasteiger partial charge in [0.2, 0.25) is 0 Å². The summed E-state index contributed by atoms with van der Waals surface area (Å²) in [5, 5.41) is 11.3. The van der Waals surface area contributed by atoms with E-state index in [1.807, 2.05) is 0 Å². The first-order valence-electron chi connectivity index (χ1n) is 9.13. The third kappa shape index (κ3) is 2.28. The maximum Gasteiger partial charge on any atom is 0.0687 e. The Balaban J connectivity index is 1.56. The first kappa shape index (κ1) is 14.5. The van der Waals surface area contributed by atoms with Gasteiger partial charge in [0.05, 0.1) is 17.3 Å². The smallest absolute Gasteiger partial charge is 0.0687 e. The van der Waals surface area contributed by atoms with Gasteiger partial charge >= 0.3 is 0 Å². The largest absolute Gasteiger partial charge is 0.392 e. The zero-order chi connectivity index (χ0) is 15.0. The number of aliphatic hydroxyl groups excluding tert-OH is 1. The van der Waals surface area contributed by atoms with E-state index in [1.165, 1.54) is 32.1 Å². The third-order valence-electron chi connectivity index (χ3n) is 7.25. The molecule has 0 radical (unpaired) electrons. The zero-order valence-electron chi connectivity index (χ0n) is 14.1. The van der Waals surface area contributed by atoms with Gasteiger partial charge in [-0.3, -0.25) is 0 Å². The van der Waals surface area contributed by atoms with Crippen LogP contribution in [0.4, 0.5) is 0 Å². The van der Waals surface area contributed by atoms with Crippen molar-refractivity contribution >= 4 is 0 Å². The molecule has 2 nitrogen and oxygen atoms in total. The molecule has 2 unspecified atom stereocenters. The predicted molar refractivity (Wildman–Crippen MR) is 83.9 cm³/mol. The number of hydrogen-bond acceptors (Lipinski definition) is 2. The number of aliphatic hydroxyl groups is 1. The molecule has 0 spiro atoms. The van der Waals surface area contributed by atoms with Crippen molar-refractivity contribution in [3.05, 3.63) is 0 Å². The topological polar surface area (TPSA) is 29.5 Å². The van der Waals surface area contributed by atoms with Crippen molar-refractivity contribution in [1.29, 1.82) is 0 Å². The highest BCUT2D eigenvalue weighted by Gasteiger charge is 2.56. The molecule has 0 aromatic rings. The first-order valence-corrected chi connectivity index (χ1v) is 9.13. The van der Waals surface area contributed by atoms with E-state index < -0.39 is 0 Å². The molecule has 21 heavy (non-hydrogen) atoms. The Bertz CT molecular complexity index is 397. The van der Waals surface area contributed by atoms with Gasteiger partial charge in [-0.15, -0.1) is 0 Å². The van der Waals surface area contributed by atoms with Crippen LogP contribution in [0, 0.1) is 35.5 Å². The second kappa shape index (κ2) is 4.47. The molecular formula is C19H32O2. The summed E-state index contributed by atoms with van der Waals surface area (Å²) in [7, 11) is 0. The Morgan fingerprint density at radius 3 is 1.86 bits per heavy atom. The Labute approximate surface area is 129 Å². The lowest BCUT2D eigenvalue weighted by atomic mass is 9.49. The van der Waals surface area contributed by atoms with Crippen molar-refractivity contribution in [3.8, 4) is 0 Å². The van der Waals surface area contributed by atoms with E-state index in [4.69, 9.17) is 4.74 Å². The average molecular weight is 292 g/mol. The van der Waals surface area contributed by atoms with Crippen LogP contribution in [0.15, 0.2) is 0 Å². The monoisotopic (exact) mass is 292 g/mol. The van der Waals surface area contributed by atoms with Crippen LogP contribution in [0.5, 0.6) is 0 Å². The molecule has 2 atom stereocenters. The molecule has 5 rings (SSSR count). The summed E-state index contributed by atoms with van der Waals surface area (Å²) in [6.07, 6.45) is 7.92. The van der Waals surface area contributed by atoms with Crippen LogP contribution >= 0.6 is 0 Å². The van der Waals surface area contributed by atoms with Crippen LogP contribution < -0.4 is 0 Å². The van der Waals surface area contributed by atoms with Crippen molar-refractivity contribution in [2.45, 2.75) is 83.5 Å². The molecule has 4 aliphatic carbocycles. The molecular weight excluding hydrogens is 260 g/mol. The van der Waals surface area contributed by atoms with Gasteiger partial charge in [-0.05, 0) is 95.8 Å². The van der Waals surface area contributed by atoms with Crippen molar-refractivity contribution in [3.63, 3.8) is 0 Å². The molecule has 0 aromatic carbocycles. The van der Waals surface area contributed by atoms with Gasteiger partial charge in [0.15, 0.2) is 0 Å². The van der Waals surface area contributed by atoms with Gasteiger partial charge in [0.25, 0.3) is 0 Å². The van der Waals surface area contributed by atoms with Gasteiger partial charge in [0.1, 0.15) is 0 Å². The lowest BCUT2D eigenvalue weighted by molar-refractivity contribution is -0.133. The molecule has 0 amide bonds. The van der Waals surface area contributed by atoms with E-state index >= 15 is 0 Å². The van der Waals surface area contributed by atoms with Crippen molar-refractivity contribution in [2.75, 3.05) is 0 Å². The molecule has 1 heterocycles. The standard InChI is InChI=1S/C19H32O2/c1-18(2)10-15(19(3,4)21-18)17(20)16-13-6-11-5-12(8-13)9-14(16)7-11/h11-17,20H,5-10H2,1-4H3.